The summed E-state index contributed by atoms with van der Waals surface area (Å²) in [5.74, 6) is -0.287. The summed E-state index contributed by atoms with van der Waals surface area (Å²) >= 11 is 0. The molecule has 1 aliphatic heterocycles. The van der Waals surface area contributed by atoms with Gasteiger partial charge < -0.3 is 26.0 Å². The molecule has 15 heavy (non-hydrogen) atoms. The molecule has 1 atom stereocenters. The first kappa shape index (κ1) is 12.4. The number of carbonyl (C=O) groups is 1. The fourth-order valence-electron chi connectivity index (χ4n) is 1.53. The van der Waals surface area contributed by atoms with Crippen LogP contribution in [0.1, 0.15) is 12.8 Å². The molecule has 0 unspecified atom stereocenters. The number of hydrogen-bond donors (Lipinski definition) is 5. The van der Waals surface area contributed by atoms with Gasteiger partial charge in [0.15, 0.2) is 0 Å². The number of amides is 1. The third-order valence-corrected chi connectivity index (χ3v) is 2.67. The Hall–Kier alpha value is -0.690. The van der Waals surface area contributed by atoms with E-state index >= 15 is 0 Å². The minimum atomic E-state index is -1.32. The van der Waals surface area contributed by atoms with E-state index in [1.807, 2.05) is 0 Å². The molecule has 5 N–H and O–H groups in total. The van der Waals surface area contributed by atoms with Gasteiger partial charge in [0.25, 0.3) is 0 Å². The van der Waals surface area contributed by atoms with Crippen LogP contribution in [-0.4, -0.2) is 59.2 Å². The Balaban J connectivity index is 2.53. The third-order valence-electron chi connectivity index (χ3n) is 2.67. The normalized spacial score (nSPS) is 21.7. The van der Waals surface area contributed by atoms with Gasteiger partial charge in [-0.15, -0.1) is 0 Å². The second-order valence-corrected chi connectivity index (χ2v) is 3.89. The number of rotatable bonds is 5. The van der Waals surface area contributed by atoms with Gasteiger partial charge in [-0.1, -0.05) is 0 Å². The van der Waals surface area contributed by atoms with Crippen molar-refractivity contribution < 1.29 is 20.1 Å². The highest BCUT2D eigenvalue weighted by atomic mass is 16.3. The molecule has 0 aromatic rings. The Bertz CT molecular complexity index is 204. The highest BCUT2D eigenvalue weighted by molar-refractivity contribution is 5.82. The largest absolute Gasteiger partial charge is 0.394 e. The average Bonchev–Trinajstić information content (AvgIpc) is 2.79. The molecule has 1 amide bonds. The molecular formula is C9H18N2O4. The maximum absolute atomic E-state index is 11.6. The second kappa shape index (κ2) is 5.41. The number of hydrogen-bond acceptors (Lipinski definition) is 5. The quantitative estimate of drug-likeness (QED) is 0.353. The van der Waals surface area contributed by atoms with E-state index in [1.54, 1.807) is 0 Å². The van der Waals surface area contributed by atoms with E-state index in [4.69, 9.17) is 15.3 Å². The van der Waals surface area contributed by atoms with Crippen LogP contribution in [0.3, 0.4) is 0 Å². The Morgan fingerprint density at radius 2 is 1.93 bits per heavy atom. The van der Waals surface area contributed by atoms with Gasteiger partial charge in [0.1, 0.15) is 5.54 Å². The molecule has 0 bridgehead atoms. The lowest BCUT2D eigenvalue weighted by molar-refractivity contribution is -0.127. The van der Waals surface area contributed by atoms with Gasteiger partial charge in [0, 0.05) is 0 Å². The molecule has 1 heterocycles. The van der Waals surface area contributed by atoms with Gasteiger partial charge >= 0.3 is 0 Å². The van der Waals surface area contributed by atoms with Crippen molar-refractivity contribution in [2.45, 2.75) is 24.4 Å². The summed E-state index contributed by atoms with van der Waals surface area (Å²) in [6.07, 6.45) is 1.67. The van der Waals surface area contributed by atoms with Crippen molar-refractivity contribution in [2.75, 3.05) is 26.4 Å². The summed E-state index contributed by atoms with van der Waals surface area (Å²) in [6.45, 7) is -0.669. The van der Waals surface area contributed by atoms with Crippen LogP contribution in [-0.2, 0) is 4.79 Å². The number of aliphatic hydroxyl groups is 3. The minimum absolute atomic E-state index is 0.283. The Morgan fingerprint density at radius 1 is 1.33 bits per heavy atom. The predicted molar refractivity (Wildman–Crippen MR) is 53.2 cm³/mol. The Labute approximate surface area is 88.3 Å². The summed E-state index contributed by atoms with van der Waals surface area (Å²) in [4.78, 5) is 11.6. The summed E-state index contributed by atoms with van der Waals surface area (Å²) in [7, 11) is 0. The zero-order valence-electron chi connectivity index (χ0n) is 8.57. The molecule has 1 fully saturated rings. The first-order chi connectivity index (χ1) is 7.17. The molecule has 1 saturated heterocycles. The van der Waals surface area contributed by atoms with E-state index in [0.29, 0.717) is 0 Å². The molecular weight excluding hydrogens is 200 g/mol. The van der Waals surface area contributed by atoms with Crippen LogP contribution < -0.4 is 10.6 Å². The first-order valence-electron chi connectivity index (χ1n) is 5.05. The van der Waals surface area contributed by atoms with E-state index < -0.39 is 25.4 Å². The van der Waals surface area contributed by atoms with Gasteiger partial charge in [-0.25, -0.2) is 0 Å². The molecule has 6 nitrogen and oxygen atoms in total. The van der Waals surface area contributed by atoms with Crippen LogP contribution in [0.2, 0.25) is 0 Å². The van der Waals surface area contributed by atoms with E-state index in [2.05, 4.69) is 10.6 Å². The minimum Gasteiger partial charge on any atom is -0.394 e. The van der Waals surface area contributed by atoms with Crippen molar-refractivity contribution in [3.8, 4) is 0 Å². The Kier molecular flexibility index (Phi) is 4.46. The van der Waals surface area contributed by atoms with E-state index in [1.165, 1.54) is 0 Å². The van der Waals surface area contributed by atoms with Crippen molar-refractivity contribution in [1.29, 1.82) is 0 Å². The molecule has 1 aliphatic rings. The van der Waals surface area contributed by atoms with Crippen LogP contribution in [0.25, 0.3) is 0 Å². The lowest BCUT2D eigenvalue weighted by Gasteiger charge is -2.29. The zero-order valence-corrected chi connectivity index (χ0v) is 8.57. The summed E-state index contributed by atoms with van der Waals surface area (Å²) in [5.41, 5.74) is -1.32. The molecule has 0 aromatic heterocycles. The monoisotopic (exact) mass is 218 g/mol. The van der Waals surface area contributed by atoms with Crippen LogP contribution in [0.15, 0.2) is 0 Å². The topological polar surface area (TPSA) is 102 Å². The fraction of sp³-hybridized carbons (Fsp3) is 0.889. The highest BCUT2D eigenvalue weighted by Crippen LogP contribution is 2.08. The number of carbonyl (C=O) groups excluding carboxylic acids is 1. The number of nitrogens with one attached hydrogen (secondary N) is 2. The fourth-order valence-corrected chi connectivity index (χ4v) is 1.53. The molecule has 88 valence electrons. The van der Waals surface area contributed by atoms with Crippen molar-refractivity contribution in [2.24, 2.45) is 0 Å². The smallest absolute Gasteiger partial charge is 0.237 e. The zero-order chi connectivity index (χ0) is 11.3. The lowest BCUT2D eigenvalue weighted by atomic mass is 10.0. The van der Waals surface area contributed by atoms with Crippen LogP contribution in [0, 0.1) is 0 Å². The first-order valence-corrected chi connectivity index (χ1v) is 5.05. The van der Waals surface area contributed by atoms with Crippen LogP contribution in [0.4, 0.5) is 0 Å². The maximum Gasteiger partial charge on any atom is 0.237 e. The van der Waals surface area contributed by atoms with Crippen LogP contribution >= 0.6 is 0 Å². The molecule has 0 saturated carbocycles. The molecule has 0 radical (unpaired) electrons. The molecule has 6 heteroatoms. The SMILES string of the molecule is O=C(NC(CO)(CO)CO)[C@H]1CCCN1. The molecule has 0 spiro atoms. The molecule has 0 aromatic carbocycles. The van der Waals surface area contributed by atoms with Gasteiger partial charge in [0.05, 0.1) is 25.9 Å². The van der Waals surface area contributed by atoms with Gasteiger partial charge in [-0.2, -0.15) is 0 Å². The standard InChI is InChI=1S/C9H18N2O4/c12-4-9(5-13,6-14)11-8(15)7-2-1-3-10-7/h7,10,12-14H,1-6H2,(H,11,15)/t7-/m1/s1. The van der Waals surface area contributed by atoms with Crippen molar-refractivity contribution in [1.82, 2.24) is 10.6 Å². The van der Waals surface area contributed by atoms with Gasteiger partial charge in [-0.3, -0.25) is 4.79 Å². The Morgan fingerprint density at radius 3 is 2.33 bits per heavy atom. The second-order valence-electron chi connectivity index (χ2n) is 3.89. The van der Waals surface area contributed by atoms with Crippen molar-refractivity contribution in [3.63, 3.8) is 0 Å². The molecule has 0 aliphatic carbocycles. The van der Waals surface area contributed by atoms with E-state index in [0.717, 1.165) is 19.4 Å². The number of aliphatic hydroxyl groups excluding tert-OH is 3. The molecule has 1 rings (SSSR count). The van der Waals surface area contributed by atoms with Gasteiger partial charge in [0.2, 0.25) is 5.91 Å². The lowest BCUT2D eigenvalue weighted by Crippen LogP contribution is -2.60. The summed E-state index contributed by atoms with van der Waals surface area (Å²) < 4.78 is 0. The van der Waals surface area contributed by atoms with Crippen molar-refractivity contribution >= 4 is 5.91 Å². The maximum atomic E-state index is 11.6. The highest BCUT2D eigenvalue weighted by Gasteiger charge is 2.33. The summed E-state index contributed by atoms with van der Waals surface area (Å²) in [5, 5.41) is 32.5. The van der Waals surface area contributed by atoms with Crippen LogP contribution in [0.5, 0.6) is 0 Å². The van der Waals surface area contributed by atoms with Crippen molar-refractivity contribution in [3.05, 3.63) is 0 Å². The summed E-state index contributed by atoms with van der Waals surface area (Å²) in [6, 6.07) is -0.283. The van der Waals surface area contributed by atoms with Gasteiger partial charge in [-0.05, 0) is 19.4 Å². The average molecular weight is 218 g/mol. The predicted octanol–water partition coefficient (Wildman–Crippen LogP) is -2.43. The van der Waals surface area contributed by atoms with E-state index in [-0.39, 0.29) is 11.9 Å². The third kappa shape index (κ3) is 2.88. The van der Waals surface area contributed by atoms with E-state index in [9.17, 15) is 4.79 Å².